The van der Waals surface area contributed by atoms with E-state index in [2.05, 4.69) is 19.1 Å². The first-order chi connectivity index (χ1) is 13.7. The summed E-state index contributed by atoms with van der Waals surface area (Å²) in [5, 5.41) is 0. The van der Waals surface area contributed by atoms with Gasteiger partial charge in [-0.3, -0.25) is 4.79 Å². The summed E-state index contributed by atoms with van der Waals surface area (Å²) in [6, 6.07) is 8.23. The summed E-state index contributed by atoms with van der Waals surface area (Å²) in [4.78, 5) is 12.4. The van der Waals surface area contributed by atoms with Gasteiger partial charge in [-0.2, -0.15) is 0 Å². The first-order valence-electron chi connectivity index (χ1n) is 11.6. The van der Waals surface area contributed by atoms with Gasteiger partial charge in [0.05, 0.1) is 7.11 Å². The third kappa shape index (κ3) is 8.24. The second-order valence-electron chi connectivity index (χ2n) is 8.27. The molecule has 1 aromatic rings. The number of carbonyl (C=O) groups excluding carboxylic acids is 1. The molecule has 2 atom stereocenters. The summed E-state index contributed by atoms with van der Waals surface area (Å²) in [6.45, 7) is 2.26. The summed E-state index contributed by atoms with van der Waals surface area (Å²) >= 11 is 0. The fourth-order valence-corrected chi connectivity index (χ4v) is 4.30. The van der Waals surface area contributed by atoms with E-state index in [1.807, 2.05) is 12.1 Å². The van der Waals surface area contributed by atoms with Crippen LogP contribution < -0.4 is 4.74 Å². The number of methoxy groups -OCH3 is 1. The molecule has 158 valence electrons. The lowest BCUT2D eigenvalue weighted by molar-refractivity contribution is -0.151. The maximum absolute atomic E-state index is 12.4. The minimum absolute atomic E-state index is 0.0114. The van der Waals surface area contributed by atoms with Crippen LogP contribution in [0.2, 0.25) is 0 Å². The predicted molar refractivity (Wildman–Crippen MR) is 116 cm³/mol. The number of esters is 1. The van der Waals surface area contributed by atoms with Crippen LogP contribution in [0.15, 0.2) is 24.3 Å². The molecular weight excluding hydrogens is 348 g/mol. The summed E-state index contributed by atoms with van der Waals surface area (Å²) < 4.78 is 11.3. The molecule has 0 heterocycles. The molecule has 0 spiro atoms. The van der Waals surface area contributed by atoms with Gasteiger partial charge in [0, 0.05) is 12.3 Å². The molecule has 3 heteroatoms. The first kappa shape index (κ1) is 22.8. The number of benzene rings is 1. The number of hydrogen-bond acceptors (Lipinski definition) is 3. The van der Waals surface area contributed by atoms with Crippen LogP contribution in [0.1, 0.15) is 108 Å². The van der Waals surface area contributed by atoms with Crippen LogP contribution in [-0.2, 0) is 9.53 Å². The normalized spacial score (nSPS) is 19.4. The van der Waals surface area contributed by atoms with Crippen molar-refractivity contribution < 1.29 is 14.3 Å². The fraction of sp³-hybridized carbons (Fsp3) is 0.720. The molecule has 1 aliphatic carbocycles. The van der Waals surface area contributed by atoms with E-state index in [0.29, 0.717) is 12.3 Å². The Morgan fingerprint density at radius 3 is 2.36 bits per heavy atom. The van der Waals surface area contributed by atoms with Crippen molar-refractivity contribution in [3.63, 3.8) is 0 Å². The topological polar surface area (TPSA) is 35.5 Å². The van der Waals surface area contributed by atoms with Crippen molar-refractivity contribution in [2.45, 2.75) is 109 Å². The molecule has 0 bridgehead atoms. The smallest absolute Gasteiger partial charge is 0.306 e. The maximum Gasteiger partial charge on any atom is 0.306 e. The number of carbonyl (C=O) groups is 1. The quantitative estimate of drug-likeness (QED) is 0.265. The molecule has 1 saturated carbocycles. The Kier molecular flexibility index (Phi) is 11.1. The molecule has 0 saturated heterocycles. The van der Waals surface area contributed by atoms with Crippen molar-refractivity contribution >= 4 is 5.97 Å². The molecule has 1 aliphatic rings. The first-order valence-corrected chi connectivity index (χ1v) is 11.6. The van der Waals surface area contributed by atoms with Gasteiger partial charge in [-0.15, -0.1) is 0 Å². The molecule has 1 fully saturated rings. The summed E-state index contributed by atoms with van der Waals surface area (Å²) in [6.07, 6.45) is 16.4. The molecule has 0 amide bonds. The van der Waals surface area contributed by atoms with Crippen molar-refractivity contribution in [2.75, 3.05) is 7.11 Å². The van der Waals surface area contributed by atoms with E-state index in [-0.39, 0.29) is 12.1 Å². The van der Waals surface area contributed by atoms with Crippen molar-refractivity contribution in [3.05, 3.63) is 29.8 Å². The molecule has 28 heavy (non-hydrogen) atoms. The molecule has 2 rings (SSSR count). The van der Waals surface area contributed by atoms with Crippen molar-refractivity contribution in [2.24, 2.45) is 0 Å². The third-order valence-electron chi connectivity index (χ3n) is 5.99. The highest BCUT2D eigenvalue weighted by Crippen LogP contribution is 2.36. The standard InChI is InChI=1S/C25H40O3/c1-3-4-5-6-7-8-9-10-11-19-25(26)28-24-18-13-12-17-23(24)21-15-14-16-22(20-21)27-2/h14-16,20,23-24H,3-13,17-19H2,1-2H3/t23-,24+/m1/s1. The summed E-state index contributed by atoms with van der Waals surface area (Å²) in [5.41, 5.74) is 1.24. The Bertz CT molecular complexity index is 554. The summed E-state index contributed by atoms with van der Waals surface area (Å²) in [7, 11) is 1.70. The Hall–Kier alpha value is -1.51. The van der Waals surface area contributed by atoms with E-state index >= 15 is 0 Å². The summed E-state index contributed by atoms with van der Waals surface area (Å²) in [5.74, 6) is 1.17. The monoisotopic (exact) mass is 388 g/mol. The zero-order valence-electron chi connectivity index (χ0n) is 18.1. The number of unbranched alkanes of at least 4 members (excludes halogenated alkanes) is 8. The second kappa shape index (κ2) is 13.6. The van der Waals surface area contributed by atoms with E-state index in [0.717, 1.165) is 37.9 Å². The van der Waals surface area contributed by atoms with Crippen LogP contribution in [0.25, 0.3) is 0 Å². The van der Waals surface area contributed by atoms with Crippen molar-refractivity contribution in [3.8, 4) is 5.75 Å². The van der Waals surface area contributed by atoms with Gasteiger partial charge in [-0.25, -0.2) is 0 Å². The second-order valence-corrected chi connectivity index (χ2v) is 8.27. The third-order valence-corrected chi connectivity index (χ3v) is 5.99. The van der Waals surface area contributed by atoms with Gasteiger partial charge in [0.2, 0.25) is 0 Å². The molecule has 0 unspecified atom stereocenters. The van der Waals surface area contributed by atoms with E-state index < -0.39 is 0 Å². The largest absolute Gasteiger partial charge is 0.497 e. The van der Waals surface area contributed by atoms with E-state index in [4.69, 9.17) is 9.47 Å². The minimum atomic E-state index is -0.0114. The molecule has 0 N–H and O–H groups in total. The molecule has 0 radical (unpaired) electrons. The Morgan fingerprint density at radius 1 is 0.964 bits per heavy atom. The number of rotatable bonds is 13. The van der Waals surface area contributed by atoms with Gasteiger partial charge in [0.1, 0.15) is 11.9 Å². The van der Waals surface area contributed by atoms with Crippen LogP contribution in [0.4, 0.5) is 0 Å². The van der Waals surface area contributed by atoms with Crippen LogP contribution in [0.5, 0.6) is 5.75 Å². The van der Waals surface area contributed by atoms with Crippen LogP contribution in [0.3, 0.4) is 0 Å². The molecule has 0 aromatic heterocycles. The van der Waals surface area contributed by atoms with E-state index in [1.165, 1.54) is 56.9 Å². The van der Waals surface area contributed by atoms with Gasteiger partial charge in [-0.1, -0.05) is 76.8 Å². The lowest BCUT2D eigenvalue weighted by Gasteiger charge is -2.31. The van der Waals surface area contributed by atoms with Crippen LogP contribution >= 0.6 is 0 Å². The average molecular weight is 389 g/mol. The molecule has 1 aromatic carbocycles. The highest BCUT2D eigenvalue weighted by molar-refractivity contribution is 5.69. The van der Waals surface area contributed by atoms with Crippen molar-refractivity contribution in [1.29, 1.82) is 0 Å². The van der Waals surface area contributed by atoms with E-state index in [1.54, 1.807) is 7.11 Å². The van der Waals surface area contributed by atoms with Gasteiger partial charge in [0.15, 0.2) is 0 Å². The number of ether oxygens (including phenoxy) is 2. The van der Waals surface area contributed by atoms with Gasteiger partial charge in [0.25, 0.3) is 0 Å². The van der Waals surface area contributed by atoms with Gasteiger partial charge >= 0.3 is 5.97 Å². The lowest BCUT2D eigenvalue weighted by atomic mass is 9.81. The molecule has 0 aliphatic heterocycles. The average Bonchev–Trinajstić information content (AvgIpc) is 2.73. The minimum Gasteiger partial charge on any atom is -0.497 e. The Labute approximate surface area is 172 Å². The Morgan fingerprint density at radius 2 is 1.64 bits per heavy atom. The zero-order chi connectivity index (χ0) is 20.0. The molecule has 3 nitrogen and oxygen atoms in total. The molecular formula is C25H40O3. The van der Waals surface area contributed by atoms with Gasteiger partial charge < -0.3 is 9.47 Å². The van der Waals surface area contributed by atoms with Crippen LogP contribution in [-0.4, -0.2) is 19.2 Å². The highest BCUT2D eigenvalue weighted by Gasteiger charge is 2.29. The van der Waals surface area contributed by atoms with E-state index in [9.17, 15) is 4.79 Å². The predicted octanol–water partition coefficient (Wildman–Crippen LogP) is 7.19. The zero-order valence-corrected chi connectivity index (χ0v) is 18.1. The lowest BCUT2D eigenvalue weighted by Crippen LogP contribution is -2.28. The van der Waals surface area contributed by atoms with Crippen molar-refractivity contribution in [1.82, 2.24) is 0 Å². The van der Waals surface area contributed by atoms with Crippen LogP contribution in [0, 0.1) is 0 Å². The SMILES string of the molecule is CCCCCCCCCCCC(=O)O[C@H]1CCCC[C@@H]1c1cccc(OC)c1. The fourth-order valence-electron chi connectivity index (χ4n) is 4.30. The Balaban J connectivity index is 1.68. The highest BCUT2D eigenvalue weighted by atomic mass is 16.5. The maximum atomic E-state index is 12.4. The number of hydrogen-bond donors (Lipinski definition) is 0. The van der Waals surface area contributed by atoms with Gasteiger partial charge in [-0.05, 0) is 43.4 Å².